The Bertz CT molecular complexity index is 421. The van der Waals surface area contributed by atoms with Gasteiger partial charge in [0.1, 0.15) is 3.70 Å². The maximum absolute atomic E-state index is 12.4. The number of carbonyl (C=O) groups is 1. The number of rotatable bonds is 2. The van der Waals surface area contributed by atoms with E-state index in [4.69, 9.17) is 10.2 Å². The Labute approximate surface area is 101 Å². The van der Waals surface area contributed by atoms with Gasteiger partial charge in [0, 0.05) is 11.8 Å². The molecule has 2 N–H and O–H groups in total. The number of aliphatic carboxylic acids is 1. The third kappa shape index (κ3) is 2.82. The van der Waals surface area contributed by atoms with E-state index in [0.29, 0.717) is 6.07 Å². The summed E-state index contributed by atoms with van der Waals surface area (Å²) in [5, 5.41) is 17.5. The summed E-state index contributed by atoms with van der Waals surface area (Å²) in [7, 11) is 0. The number of hydrogen-bond donors (Lipinski definition) is 2. The van der Waals surface area contributed by atoms with E-state index in [2.05, 4.69) is 4.98 Å². The van der Waals surface area contributed by atoms with Crippen LogP contribution < -0.4 is 0 Å². The van der Waals surface area contributed by atoms with E-state index < -0.39 is 29.4 Å². The SMILES string of the molecule is O=C(O)C(O)c1cnc(I)c(C(F)(F)F)c1. The van der Waals surface area contributed by atoms with Crippen molar-refractivity contribution in [2.45, 2.75) is 12.3 Å². The Balaban J connectivity index is 3.23. The third-order valence-corrected chi connectivity index (χ3v) is 2.57. The lowest BCUT2D eigenvalue weighted by Gasteiger charge is -2.11. The van der Waals surface area contributed by atoms with Crippen LogP contribution in [0.4, 0.5) is 13.2 Å². The summed E-state index contributed by atoms with van der Waals surface area (Å²) in [5.41, 5.74) is -1.47. The van der Waals surface area contributed by atoms with Crippen molar-refractivity contribution in [3.63, 3.8) is 0 Å². The first-order chi connectivity index (χ1) is 7.23. The molecule has 0 saturated carbocycles. The van der Waals surface area contributed by atoms with Gasteiger partial charge in [-0.1, -0.05) is 0 Å². The van der Waals surface area contributed by atoms with Gasteiger partial charge in [-0.2, -0.15) is 13.2 Å². The number of carboxylic acid groups (broad SMARTS) is 1. The van der Waals surface area contributed by atoms with Crippen molar-refractivity contribution in [2.75, 3.05) is 0 Å². The van der Waals surface area contributed by atoms with E-state index >= 15 is 0 Å². The minimum atomic E-state index is -4.63. The minimum absolute atomic E-state index is 0.300. The van der Waals surface area contributed by atoms with Crippen LogP contribution in [0.1, 0.15) is 17.2 Å². The fourth-order valence-corrected chi connectivity index (χ4v) is 1.56. The summed E-state index contributed by atoms with van der Waals surface area (Å²) in [6, 6.07) is 0.577. The van der Waals surface area contributed by atoms with Gasteiger partial charge >= 0.3 is 12.1 Å². The van der Waals surface area contributed by atoms with E-state index in [-0.39, 0.29) is 3.70 Å². The van der Waals surface area contributed by atoms with Gasteiger partial charge < -0.3 is 10.2 Å². The summed E-state index contributed by atoms with van der Waals surface area (Å²) < 4.78 is 37.0. The van der Waals surface area contributed by atoms with Crippen molar-refractivity contribution < 1.29 is 28.2 Å². The number of alkyl halides is 3. The highest BCUT2D eigenvalue weighted by atomic mass is 127. The molecular formula is C8H5F3INO3. The van der Waals surface area contributed by atoms with Crippen LogP contribution in [0.5, 0.6) is 0 Å². The number of halogens is 4. The minimum Gasteiger partial charge on any atom is -0.479 e. The highest BCUT2D eigenvalue weighted by molar-refractivity contribution is 14.1. The molecule has 0 aliphatic rings. The molecule has 0 bridgehead atoms. The van der Waals surface area contributed by atoms with Gasteiger partial charge in [-0.05, 0) is 28.7 Å². The zero-order valence-corrected chi connectivity index (χ0v) is 9.65. The lowest BCUT2D eigenvalue weighted by molar-refractivity contribution is -0.147. The van der Waals surface area contributed by atoms with Gasteiger partial charge in [-0.3, -0.25) is 0 Å². The lowest BCUT2D eigenvalue weighted by Crippen LogP contribution is -2.15. The molecular weight excluding hydrogens is 342 g/mol. The lowest BCUT2D eigenvalue weighted by atomic mass is 10.1. The Morgan fingerprint density at radius 3 is 2.50 bits per heavy atom. The molecule has 88 valence electrons. The number of aromatic nitrogens is 1. The number of aliphatic hydroxyl groups excluding tert-OH is 1. The van der Waals surface area contributed by atoms with E-state index in [1.54, 1.807) is 0 Å². The van der Waals surface area contributed by atoms with Crippen molar-refractivity contribution in [1.82, 2.24) is 4.98 Å². The first kappa shape index (κ1) is 13.2. The molecule has 0 fully saturated rings. The largest absolute Gasteiger partial charge is 0.479 e. The topological polar surface area (TPSA) is 70.4 Å². The average molecular weight is 347 g/mol. The summed E-state index contributed by atoms with van der Waals surface area (Å²) in [6.45, 7) is 0. The van der Waals surface area contributed by atoms with Crippen molar-refractivity contribution in [3.8, 4) is 0 Å². The molecule has 1 heterocycles. The zero-order valence-electron chi connectivity index (χ0n) is 7.49. The van der Waals surface area contributed by atoms with Crippen LogP contribution in [0.15, 0.2) is 12.3 Å². The second-order valence-corrected chi connectivity index (χ2v) is 3.87. The average Bonchev–Trinajstić information content (AvgIpc) is 2.15. The van der Waals surface area contributed by atoms with Crippen LogP contribution in [0.3, 0.4) is 0 Å². The molecule has 16 heavy (non-hydrogen) atoms. The maximum Gasteiger partial charge on any atom is 0.418 e. The van der Waals surface area contributed by atoms with Gasteiger partial charge in [0.2, 0.25) is 0 Å². The number of hydrogen-bond acceptors (Lipinski definition) is 3. The molecule has 0 radical (unpaired) electrons. The molecule has 0 aliphatic heterocycles. The van der Waals surface area contributed by atoms with E-state index in [1.807, 2.05) is 0 Å². The van der Waals surface area contributed by atoms with E-state index in [0.717, 1.165) is 6.20 Å². The van der Waals surface area contributed by atoms with Gasteiger partial charge in [0.25, 0.3) is 0 Å². The highest BCUT2D eigenvalue weighted by Crippen LogP contribution is 2.33. The van der Waals surface area contributed by atoms with E-state index in [9.17, 15) is 18.0 Å². The molecule has 1 atom stereocenters. The van der Waals surface area contributed by atoms with Crippen molar-refractivity contribution in [1.29, 1.82) is 0 Å². The molecule has 1 aromatic heterocycles. The smallest absolute Gasteiger partial charge is 0.418 e. The Morgan fingerprint density at radius 1 is 1.50 bits per heavy atom. The molecule has 4 nitrogen and oxygen atoms in total. The first-order valence-corrected chi connectivity index (χ1v) is 4.95. The fourth-order valence-electron chi connectivity index (χ4n) is 0.955. The maximum atomic E-state index is 12.4. The molecule has 0 amide bonds. The quantitative estimate of drug-likeness (QED) is 0.633. The fraction of sp³-hybridized carbons (Fsp3) is 0.250. The van der Waals surface area contributed by atoms with Crippen LogP contribution >= 0.6 is 22.6 Å². The number of pyridine rings is 1. The summed E-state index contributed by atoms with van der Waals surface area (Å²) in [5.74, 6) is -1.63. The standard InChI is InChI=1S/C8H5F3INO3/c9-8(10,11)4-1-3(2-13-6(4)12)5(14)7(15)16/h1-2,5,14H,(H,15,16). The van der Waals surface area contributed by atoms with Gasteiger partial charge in [-0.15, -0.1) is 0 Å². The number of nitrogens with zero attached hydrogens (tertiary/aromatic N) is 1. The predicted molar refractivity (Wildman–Crippen MR) is 54.6 cm³/mol. The van der Waals surface area contributed by atoms with Crippen LogP contribution in [-0.4, -0.2) is 21.2 Å². The Kier molecular flexibility index (Phi) is 3.73. The molecule has 0 saturated heterocycles. The molecule has 1 rings (SSSR count). The Hall–Kier alpha value is -0.900. The highest BCUT2D eigenvalue weighted by Gasteiger charge is 2.34. The van der Waals surface area contributed by atoms with Crippen LogP contribution in [0, 0.1) is 3.70 Å². The second kappa shape index (κ2) is 4.53. The van der Waals surface area contributed by atoms with E-state index in [1.165, 1.54) is 22.6 Å². The Morgan fingerprint density at radius 2 is 2.06 bits per heavy atom. The summed E-state index contributed by atoms with van der Waals surface area (Å²) in [6.07, 6.45) is -5.74. The van der Waals surface area contributed by atoms with Crippen molar-refractivity contribution >= 4 is 28.6 Å². The molecule has 0 aliphatic carbocycles. The van der Waals surface area contributed by atoms with Crippen LogP contribution in [0.2, 0.25) is 0 Å². The zero-order chi connectivity index (χ0) is 12.5. The number of aliphatic hydroxyl groups is 1. The first-order valence-electron chi connectivity index (χ1n) is 3.87. The molecule has 0 aromatic carbocycles. The van der Waals surface area contributed by atoms with Crippen LogP contribution in [0.25, 0.3) is 0 Å². The van der Waals surface area contributed by atoms with Gasteiger partial charge in [0.15, 0.2) is 6.10 Å². The van der Waals surface area contributed by atoms with Crippen LogP contribution in [-0.2, 0) is 11.0 Å². The second-order valence-electron chi connectivity index (χ2n) is 2.85. The van der Waals surface area contributed by atoms with Crippen molar-refractivity contribution in [3.05, 3.63) is 27.1 Å². The number of carboxylic acids is 1. The van der Waals surface area contributed by atoms with Gasteiger partial charge in [0.05, 0.1) is 5.56 Å². The summed E-state index contributed by atoms with van der Waals surface area (Å²) in [4.78, 5) is 13.8. The molecule has 1 aromatic rings. The van der Waals surface area contributed by atoms with Crippen molar-refractivity contribution in [2.24, 2.45) is 0 Å². The summed E-state index contributed by atoms with van der Waals surface area (Å²) >= 11 is 1.38. The monoisotopic (exact) mass is 347 g/mol. The molecule has 0 spiro atoms. The predicted octanol–water partition coefficient (Wildman–Crippen LogP) is 1.82. The third-order valence-electron chi connectivity index (χ3n) is 1.72. The van der Waals surface area contributed by atoms with Gasteiger partial charge in [-0.25, -0.2) is 9.78 Å². The normalized spacial score (nSPS) is 13.6. The molecule has 8 heteroatoms. The molecule has 1 unspecified atom stereocenters.